The number of aromatic nitrogens is 3. The van der Waals surface area contributed by atoms with Crippen LogP contribution < -0.4 is 5.32 Å². The van der Waals surface area contributed by atoms with E-state index in [2.05, 4.69) is 29.5 Å². The van der Waals surface area contributed by atoms with Gasteiger partial charge < -0.3 is 10.2 Å². The highest BCUT2D eigenvalue weighted by molar-refractivity contribution is 5.75. The Labute approximate surface area is 127 Å². The molecule has 1 aromatic rings. The zero-order valence-electron chi connectivity index (χ0n) is 13.8. The zero-order chi connectivity index (χ0) is 15.7. The van der Waals surface area contributed by atoms with Gasteiger partial charge in [0, 0.05) is 38.8 Å². The Hall–Kier alpha value is -1.43. The SMILES string of the molecule is CCN(CC)C(=O)CCCn1cc(CNCC(C)C)nn1. The quantitative estimate of drug-likeness (QED) is 0.713. The molecule has 0 aliphatic rings. The predicted octanol–water partition coefficient (Wildman–Crippen LogP) is 1.67. The van der Waals surface area contributed by atoms with Crippen LogP contribution in [0.4, 0.5) is 0 Å². The Morgan fingerprint density at radius 1 is 1.38 bits per heavy atom. The van der Waals surface area contributed by atoms with Gasteiger partial charge in [-0.2, -0.15) is 0 Å². The third kappa shape index (κ3) is 6.71. The number of carbonyl (C=O) groups excluding carboxylic acids is 1. The molecule has 0 atom stereocenters. The fourth-order valence-electron chi connectivity index (χ4n) is 2.14. The van der Waals surface area contributed by atoms with E-state index in [1.807, 2.05) is 29.6 Å². The Balaban J connectivity index is 2.27. The molecule has 1 N–H and O–H groups in total. The van der Waals surface area contributed by atoms with Crippen molar-refractivity contribution in [2.75, 3.05) is 19.6 Å². The molecule has 0 aliphatic carbocycles. The first-order chi connectivity index (χ1) is 10.1. The summed E-state index contributed by atoms with van der Waals surface area (Å²) in [5.41, 5.74) is 0.950. The molecule has 0 unspecified atom stereocenters. The van der Waals surface area contributed by atoms with Gasteiger partial charge in [-0.25, -0.2) is 0 Å². The smallest absolute Gasteiger partial charge is 0.222 e. The number of nitrogens with one attached hydrogen (secondary N) is 1. The molecule has 0 fully saturated rings. The van der Waals surface area contributed by atoms with Crippen molar-refractivity contribution < 1.29 is 4.79 Å². The average molecular weight is 295 g/mol. The first-order valence-electron chi connectivity index (χ1n) is 7.94. The summed E-state index contributed by atoms with van der Waals surface area (Å²) in [5, 5.41) is 11.6. The third-order valence-electron chi connectivity index (χ3n) is 3.34. The molecule has 0 aliphatic heterocycles. The van der Waals surface area contributed by atoms with Crippen molar-refractivity contribution in [3.8, 4) is 0 Å². The van der Waals surface area contributed by atoms with E-state index in [1.54, 1.807) is 0 Å². The van der Waals surface area contributed by atoms with Gasteiger partial charge in [0.1, 0.15) is 0 Å². The number of aryl methyl sites for hydroxylation is 1. The molecule has 120 valence electrons. The molecule has 1 aromatic heterocycles. The lowest BCUT2D eigenvalue weighted by Crippen LogP contribution is -2.30. The molecule has 0 aromatic carbocycles. The van der Waals surface area contributed by atoms with Crippen molar-refractivity contribution >= 4 is 5.91 Å². The van der Waals surface area contributed by atoms with E-state index in [0.29, 0.717) is 12.3 Å². The molecular weight excluding hydrogens is 266 g/mol. The molecule has 1 heterocycles. The maximum Gasteiger partial charge on any atom is 0.222 e. The molecule has 0 saturated carbocycles. The molecule has 6 nitrogen and oxygen atoms in total. The molecule has 0 bridgehead atoms. The minimum Gasteiger partial charge on any atom is -0.343 e. The molecule has 0 saturated heterocycles. The van der Waals surface area contributed by atoms with Crippen LogP contribution in [0.5, 0.6) is 0 Å². The van der Waals surface area contributed by atoms with Crippen LogP contribution in [0, 0.1) is 5.92 Å². The first kappa shape index (κ1) is 17.6. The van der Waals surface area contributed by atoms with E-state index in [-0.39, 0.29) is 5.91 Å². The van der Waals surface area contributed by atoms with Gasteiger partial charge in [0.05, 0.1) is 5.69 Å². The van der Waals surface area contributed by atoms with Crippen molar-refractivity contribution in [1.29, 1.82) is 0 Å². The van der Waals surface area contributed by atoms with Crippen molar-refractivity contribution in [2.24, 2.45) is 5.92 Å². The van der Waals surface area contributed by atoms with Crippen LogP contribution in [0.3, 0.4) is 0 Å². The lowest BCUT2D eigenvalue weighted by molar-refractivity contribution is -0.130. The maximum atomic E-state index is 11.9. The molecule has 1 amide bonds. The van der Waals surface area contributed by atoms with Gasteiger partial charge in [-0.15, -0.1) is 5.10 Å². The summed E-state index contributed by atoms with van der Waals surface area (Å²) in [7, 11) is 0. The van der Waals surface area contributed by atoms with Crippen molar-refractivity contribution in [2.45, 2.75) is 53.6 Å². The van der Waals surface area contributed by atoms with Crippen LogP contribution in [0.15, 0.2) is 6.20 Å². The summed E-state index contributed by atoms with van der Waals surface area (Å²) in [6, 6.07) is 0. The van der Waals surface area contributed by atoms with E-state index < -0.39 is 0 Å². The second kappa shape index (κ2) is 9.50. The Morgan fingerprint density at radius 3 is 2.71 bits per heavy atom. The Bertz CT molecular complexity index is 412. The van der Waals surface area contributed by atoms with Crippen molar-refractivity contribution in [3.05, 3.63) is 11.9 Å². The summed E-state index contributed by atoms with van der Waals surface area (Å²) in [6.45, 7) is 12.4. The number of rotatable bonds is 10. The van der Waals surface area contributed by atoms with Gasteiger partial charge in [-0.05, 0) is 32.7 Å². The van der Waals surface area contributed by atoms with Crippen LogP contribution in [-0.2, 0) is 17.9 Å². The van der Waals surface area contributed by atoms with Gasteiger partial charge >= 0.3 is 0 Å². The molecule has 0 radical (unpaired) electrons. The van der Waals surface area contributed by atoms with Gasteiger partial charge in [-0.3, -0.25) is 9.48 Å². The van der Waals surface area contributed by atoms with E-state index >= 15 is 0 Å². The third-order valence-corrected chi connectivity index (χ3v) is 3.34. The molecule has 6 heteroatoms. The van der Waals surface area contributed by atoms with Crippen molar-refractivity contribution in [3.63, 3.8) is 0 Å². The molecular formula is C15H29N5O. The minimum absolute atomic E-state index is 0.221. The molecule has 1 rings (SSSR count). The van der Waals surface area contributed by atoms with E-state index in [1.165, 1.54) is 0 Å². The highest BCUT2D eigenvalue weighted by atomic mass is 16.2. The fraction of sp³-hybridized carbons (Fsp3) is 0.800. The van der Waals surface area contributed by atoms with E-state index in [9.17, 15) is 4.79 Å². The molecule has 0 spiro atoms. The number of hydrogen-bond acceptors (Lipinski definition) is 4. The predicted molar refractivity (Wildman–Crippen MR) is 83.7 cm³/mol. The highest BCUT2D eigenvalue weighted by Gasteiger charge is 2.09. The summed E-state index contributed by atoms with van der Waals surface area (Å²) >= 11 is 0. The summed E-state index contributed by atoms with van der Waals surface area (Å²) in [4.78, 5) is 13.7. The van der Waals surface area contributed by atoms with E-state index in [4.69, 9.17) is 0 Å². The lowest BCUT2D eigenvalue weighted by atomic mass is 10.2. The lowest BCUT2D eigenvalue weighted by Gasteiger charge is -2.18. The number of nitrogens with zero attached hydrogens (tertiary/aromatic N) is 4. The van der Waals surface area contributed by atoms with Crippen LogP contribution in [-0.4, -0.2) is 45.4 Å². The Morgan fingerprint density at radius 2 is 2.10 bits per heavy atom. The zero-order valence-corrected chi connectivity index (χ0v) is 13.8. The maximum absolute atomic E-state index is 11.9. The van der Waals surface area contributed by atoms with E-state index in [0.717, 1.165) is 44.8 Å². The van der Waals surface area contributed by atoms with Crippen LogP contribution in [0.1, 0.15) is 46.2 Å². The van der Waals surface area contributed by atoms with Gasteiger partial charge in [0.15, 0.2) is 0 Å². The second-order valence-electron chi connectivity index (χ2n) is 5.67. The standard InChI is InChI=1S/C15H29N5O/c1-5-19(6-2)15(21)8-7-9-20-12-14(17-18-20)11-16-10-13(3)4/h12-13,16H,5-11H2,1-4H3. The van der Waals surface area contributed by atoms with Crippen LogP contribution in [0.2, 0.25) is 0 Å². The van der Waals surface area contributed by atoms with Crippen LogP contribution >= 0.6 is 0 Å². The van der Waals surface area contributed by atoms with Crippen molar-refractivity contribution in [1.82, 2.24) is 25.2 Å². The largest absolute Gasteiger partial charge is 0.343 e. The van der Waals surface area contributed by atoms with Crippen LogP contribution in [0.25, 0.3) is 0 Å². The van der Waals surface area contributed by atoms with Gasteiger partial charge in [0.2, 0.25) is 5.91 Å². The topological polar surface area (TPSA) is 63.1 Å². The highest BCUT2D eigenvalue weighted by Crippen LogP contribution is 2.01. The number of amides is 1. The van der Waals surface area contributed by atoms with Gasteiger partial charge in [0.25, 0.3) is 0 Å². The summed E-state index contributed by atoms with van der Waals surface area (Å²) < 4.78 is 1.82. The number of carbonyl (C=O) groups is 1. The second-order valence-corrected chi connectivity index (χ2v) is 5.67. The summed E-state index contributed by atoms with van der Waals surface area (Å²) in [6.07, 6.45) is 3.33. The monoisotopic (exact) mass is 295 g/mol. The first-order valence-corrected chi connectivity index (χ1v) is 7.94. The number of hydrogen-bond donors (Lipinski definition) is 1. The Kier molecular flexibility index (Phi) is 7.97. The fourth-order valence-corrected chi connectivity index (χ4v) is 2.14. The molecule has 21 heavy (non-hydrogen) atoms. The average Bonchev–Trinajstić information content (AvgIpc) is 2.87. The normalized spacial score (nSPS) is 11.1. The van der Waals surface area contributed by atoms with Gasteiger partial charge in [-0.1, -0.05) is 19.1 Å². The minimum atomic E-state index is 0.221. The summed E-state index contributed by atoms with van der Waals surface area (Å²) in [5.74, 6) is 0.852.